The Morgan fingerprint density at radius 3 is 1.47 bits per heavy atom. The second kappa shape index (κ2) is 16.6. The van der Waals surface area contributed by atoms with E-state index in [4.69, 9.17) is 0 Å². The standard InChI is InChI=1S/C26H32N2.2HI/c1-2-4-6-10-16-26-18-14-22-28(24-26)20-12-8-7-11-19-27-21-13-17-25(23-27)15-9-5-3-1;;/h13-14,17-18,21-24H,1-8,11-12,19-20H2;2*1H/q+2;;/p-2. The number of fused-ring (bicyclic) bond motifs is 4. The number of hydrogen-bond donors (Lipinski definition) is 0. The Morgan fingerprint density at radius 1 is 0.567 bits per heavy atom. The lowest BCUT2D eigenvalue weighted by molar-refractivity contribution is -0.699. The van der Waals surface area contributed by atoms with Gasteiger partial charge in [-0.2, -0.15) is 0 Å². The molecule has 0 fully saturated rings. The van der Waals surface area contributed by atoms with Gasteiger partial charge in [0.15, 0.2) is 24.8 Å². The normalized spacial score (nSPS) is 15.2. The summed E-state index contributed by atoms with van der Waals surface area (Å²) in [5, 5.41) is 0. The zero-order valence-electron chi connectivity index (χ0n) is 17.8. The van der Waals surface area contributed by atoms with Crippen molar-refractivity contribution in [2.45, 2.75) is 77.3 Å². The van der Waals surface area contributed by atoms with Gasteiger partial charge in [-0.15, -0.1) is 0 Å². The van der Waals surface area contributed by atoms with E-state index in [0.717, 1.165) is 37.1 Å². The van der Waals surface area contributed by atoms with E-state index in [1.807, 2.05) is 0 Å². The summed E-state index contributed by atoms with van der Waals surface area (Å²) in [7, 11) is 0. The molecule has 3 rings (SSSR count). The zero-order valence-corrected chi connectivity index (χ0v) is 22.1. The van der Waals surface area contributed by atoms with Gasteiger partial charge in [0, 0.05) is 37.8 Å². The van der Waals surface area contributed by atoms with Crippen LogP contribution < -0.4 is 57.1 Å². The highest BCUT2D eigenvalue weighted by molar-refractivity contribution is 5.30. The Balaban J connectivity index is 0.00000225. The van der Waals surface area contributed by atoms with Crippen molar-refractivity contribution in [3.63, 3.8) is 0 Å². The fourth-order valence-electron chi connectivity index (χ4n) is 3.52. The molecule has 4 heteroatoms. The molecule has 30 heavy (non-hydrogen) atoms. The van der Waals surface area contributed by atoms with Crippen molar-refractivity contribution >= 4 is 0 Å². The lowest BCUT2D eigenvalue weighted by Gasteiger charge is -2.00. The van der Waals surface area contributed by atoms with Gasteiger partial charge in [-0.05, 0) is 37.8 Å². The number of aromatic nitrogens is 2. The molecule has 0 aliphatic carbocycles. The molecule has 160 valence electrons. The van der Waals surface area contributed by atoms with Crippen LogP contribution in [-0.4, -0.2) is 0 Å². The average molecular weight is 626 g/mol. The van der Waals surface area contributed by atoms with E-state index < -0.39 is 0 Å². The lowest BCUT2D eigenvalue weighted by atomic mass is 10.1. The molecule has 0 atom stereocenters. The molecule has 0 N–H and O–H groups in total. The zero-order chi connectivity index (χ0) is 19.3. The molecule has 2 aromatic rings. The molecule has 1 aliphatic heterocycles. The molecule has 3 heterocycles. The summed E-state index contributed by atoms with van der Waals surface area (Å²) >= 11 is 0. The molecule has 2 aromatic heterocycles. The number of hydrogen-bond acceptors (Lipinski definition) is 0. The fraction of sp³-hybridized carbons (Fsp3) is 0.462. The molecule has 1 aliphatic rings. The van der Waals surface area contributed by atoms with Crippen molar-refractivity contribution in [3.05, 3.63) is 60.2 Å². The van der Waals surface area contributed by atoms with E-state index in [0.29, 0.717) is 0 Å². The van der Waals surface area contributed by atoms with E-state index in [-0.39, 0.29) is 48.0 Å². The average Bonchev–Trinajstić information content (AvgIpc) is 2.72. The number of halogens is 2. The molecule has 0 unspecified atom stereocenters. The number of aryl methyl sites for hydroxylation is 2. The second-order valence-electron chi connectivity index (χ2n) is 7.59. The summed E-state index contributed by atoms with van der Waals surface area (Å²) in [5.74, 6) is 13.3. The first-order chi connectivity index (χ1) is 13.9. The maximum absolute atomic E-state index is 3.34. The maximum atomic E-state index is 3.34. The van der Waals surface area contributed by atoms with Crippen LogP contribution in [0.2, 0.25) is 0 Å². The Labute approximate surface area is 216 Å². The minimum Gasteiger partial charge on any atom is -1.00 e. The SMILES string of the molecule is C1#Cc2ccc[n+](c2)CCCCCC[n+]2cccc(c2)C#CCCCCCC1.[I-].[I-]. The first-order valence-electron chi connectivity index (χ1n) is 10.9. The largest absolute Gasteiger partial charge is 1.00 e. The topological polar surface area (TPSA) is 7.76 Å². The first kappa shape index (κ1) is 26.9. The van der Waals surface area contributed by atoms with Crippen LogP contribution in [0.1, 0.15) is 75.3 Å². The molecular weight excluding hydrogens is 594 g/mol. The first-order valence-corrected chi connectivity index (χ1v) is 10.9. The van der Waals surface area contributed by atoms with Crippen molar-refractivity contribution < 1.29 is 57.1 Å². The van der Waals surface area contributed by atoms with Crippen LogP contribution in [0.4, 0.5) is 0 Å². The van der Waals surface area contributed by atoms with Crippen molar-refractivity contribution in [1.29, 1.82) is 0 Å². The van der Waals surface area contributed by atoms with Crippen molar-refractivity contribution in [2.75, 3.05) is 0 Å². The van der Waals surface area contributed by atoms with Crippen LogP contribution in [0.25, 0.3) is 0 Å². The molecule has 0 radical (unpaired) electrons. The Morgan fingerprint density at radius 2 is 1.00 bits per heavy atom. The fourth-order valence-corrected chi connectivity index (χ4v) is 3.52. The molecule has 0 saturated heterocycles. The van der Waals surface area contributed by atoms with Crippen LogP contribution in [0.5, 0.6) is 0 Å². The van der Waals surface area contributed by atoms with Gasteiger partial charge in [0.2, 0.25) is 0 Å². The van der Waals surface area contributed by atoms with E-state index in [1.54, 1.807) is 0 Å². The highest BCUT2D eigenvalue weighted by atomic mass is 127. The Hall–Kier alpha value is -1.12. The summed E-state index contributed by atoms with van der Waals surface area (Å²) in [6.45, 7) is 2.15. The van der Waals surface area contributed by atoms with Crippen molar-refractivity contribution in [3.8, 4) is 23.7 Å². The third-order valence-electron chi connectivity index (χ3n) is 5.12. The van der Waals surface area contributed by atoms with Gasteiger partial charge in [-0.25, -0.2) is 9.13 Å². The van der Waals surface area contributed by atoms with Crippen LogP contribution in [0, 0.1) is 23.7 Å². The number of pyridine rings is 2. The third kappa shape index (κ3) is 10.8. The highest BCUT2D eigenvalue weighted by Crippen LogP contribution is 2.05. The number of nitrogens with zero attached hydrogens (tertiary/aromatic N) is 2. The van der Waals surface area contributed by atoms with Gasteiger partial charge in [-0.3, -0.25) is 0 Å². The Kier molecular flexibility index (Phi) is 14.9. The molecule has 0 amide bonds. The van der Waals surface area contributed by atoms with E-state index in [2.05, 4.69) is 81.9 Å². The van der Waals surface area contributed by atoms with E-state index >= 15 is 0 Å². The smallest absolute Gasteiger partial charge is 0.184 e. The quantitative estimate of drug-likeness (QED) is 0.193. The molecule has 2 nitrogen and oxygen atoms in total. The molecule has 0 aromatic carbocycles. The monoisotopic (exact) mass is 626 g/mol. The summed E-state index contributed by atoms with van der Waals surface area (Å²) in [6, 6.07) is 8.47. The van der Waals surface area contributed by atoms with Gasteiger partial charge >= 0.3 is 0 Å². The van der Waals surface area contributed by atoms with Gasteiger partial charge < -0.3 is 48.0 Å². The minimum atomic E-state index is 0. The molecule has 4 bridgehead atoms. The van der Waals surface area contributed by atoms with Gasteiger partial charge in [0.25, 0.3) is 0 Å². The molecule has 0 saturated carbocycles. The summed E-state index contributed by atoms with van der Waals surface area (Å²) in [4.78, 5) is 0. The van der Waals surface area contributed by atoms with Crippen molar-refractivity contribution in [2.24, 2.45) is 0 Å². The summed E-state index contributed by atoms with van der Waals surface area (Å²) < 4.78 is 4.57. The minimum absolute atomic E-state index is 0. The van der Waals surface area contributed by atoms with Crippen molar-refractivity contribution in [1.82, 2.24) is 0 Å². The van der Waals surface area contributed by atoms with Crippen LogP contribution >= 0.6 is 0 Å². The Bertz CT molecular complexity index is 798. The predicted octanol–water partition coefficient (Wildman–Crippen LogP) is -1.41. The summed E-state index contributed by atoms with van der Waals surface area (Å²) in [5.41, 5.74) is 2.27. The van der Waals surface area contributed by atoms with Crippen LogP contribution in [-0.2, 0) is 13.1 Å². The van der Waals surface area contributed by atoms with Crippen LogP contribution in [0.3, 0.4) is 0 Å². The van der Waals surface area contributed by atoms with Gasteiger partial charge in [0.1, 0.15) is 13.1 Å². The predicted molar refractivity (Wildman–Crippen MR) is 113 cm³/mol. The van der Waals surface area contributed by atoms with E-state index in [9.17, 15) is 0 Å². The highest BCUT2D eigenvalue weighted by Gasteiger charge is 2.04. The third-order valence-corrected chi connectivity index (χ3v) is 5.12. The number of rotatable bonds is 0. The van der Waals surface area contributed by atoms with Gasteiger partial charge in [0.05, 0.1) is 11.1 Å². The van der Waals surface area contributed by atoms with E-state index in [1.165, 1.54) is 51.4 Å². The lowest BCUT2D eigenvalue weighted by Crippen LogP contribution is -3.00. The van der Waals surface area contributed by atoms with Crippen LogP contribution in [0.15, 0.2) is 49.1 Å². The molecule has 0 spiro atoms. The summed E-state index contributed by atoms with van der Waals surface area (Å²) in [6.07, 6.45) is 20.5. The van der Waals surface area contributed by atoms with Gasteiger partial charge in [-0.1, -0.05) is 36.5 Å². The molecular formula is C26H32I2N2. The second-order valence-corrected chi connectivity index (χ2v) is 7.59. The maximum Gasteiger partial charge on any atom is 0.184 e.